The Balaban J connectivity index is 1.90. The molecule has 1 heterocycles. The minimum atomic E-state index is -0.600. The number of rotatable bonds is 6. The highest BCUT2D eigenvalue weighted by Crippen LogP contribution is 2.28. The number of hydrogen-bond donors (Lipinski definition) is 1. The lowest BCUT2D eigenvalue weighted by molar-refractivity contribution is 0.0599. The zero-order valence-corrected chi connectivity index (χ0v) is 18.9. The standard InChI is InChI=1S/C22H16BrN3O4S/c1-29-21(27)14-6-15(22(28)30-2)9-18(8-14)25-11-16(10-24)20-26-19(12-31-20)13-4-3-5-17(23)7-13/h3-9,11-12,25H,1-2H3/b16-11+. The summed E-state index contributed by atoms with van der Waals surface area (Å²) < 4.78 is 10.4. The van der Waals surface area contributed by atoms with Gasteiger partial charge in [0.2, 0.25) is 0 Å². The molecule has 1 aromatic heterocycles. The lowest BCUT2D eigenvalue weighted by Gasteiger charge is -2.08. The van der Waals surface area contributed by atoms with Gasteiger partial charge in [-0.2, -0.15) is 5.26 Å². The zero-order chi connectivity index (χ0) is 22.4. The minimum absolute atomic E-state index is 0.172. The first-order valence-electron chi connectivity index (χ1n) is 8.85. The molecule has 7 nitrogen and oxygen atoms in total. The molecule has 0 aliphatic heterocycles. The quantitative estimate of drug-likeness (QED) is 0.372. The third kappa shape index (κ3) is 5.36. The van der Waals surface area contributed by atoms with Crippen LogP contribution in [0.5, 0.6) is 0 Å². The summed E-state index contributed by atoms with van der Waals surface area (Å²) in [7, 11) is 2.50. The van der Waals surface area contributed by atoms with Crippen molar-refractivity contribution in [2.75, 3.05) is 19.5 Å². The van der Waals surface area contributed by atoms with E-state index >= 15 is 0 Å². The van der Waals surface area contributed by atoms with Crippen molar-refractivity contribution in [2.24, 2.45) is 0 Å². The van der Waals surface area contributed by atoms with E-state index in [9.17, 15) is 14.9 Å². The Kier molecular flexibility index (Phi) is 7.18. The van der Waals surface area contributed by atoms with Crippen molar-refractivity contribution >= 4 is 50.5 Å². The maximum atomic E-state index is 11.9. The fraction of sp³-hybridized carbons (Fsp3) is 0.0909. The molecule has 0 saturated carbocycles. The van der Waals surface area contributed by atoms with Gasteiger partial charge >= 0.3 is 11.9 Å². The predicted octanol–water partition coefficient (Wildman–Crippen LogP) is 5.12. The van der Waals surface area contributed by atoms with Crippen molar-refractivity contribution in [3.63, 3.8) is 0 Å². The van der Waals surface area contributed by atoms with Gasteiger partial charge in [-0.05, 0) is 30.3 Å². The number of nitriles is 1. The number of carbonyl (C=O) groups is 2. The third-order valence-electron chi connectivity index (χ3n) is 4.13. The Bertz CT molecular complexity index is 1180. The highest BCUT2D eigenvalue weighted by atomic mass is 79.9. The van der Waals surface area contributed by atoms with Crippen molar-refractivity contribution in [1.82, 2.24) is 4.98 Å². The molecule has 0 saturated heterocycles. The van der Waals surface area contributed by atoms with Crippen LogP contribution in [0.1, 0.15) is 25.7 Å². The molecular formula is C22H16BrN3O4S. The van der Waals surface area contributed by atoms with E-state index in [4.69, 9.17) is 9.47 Å². The molecule has 0 radical (unpaired) electrons. The molecule has 0 amide bonds. The molecule has 9 heteroatoms. The fourth-order valence-corrected chi connectivity index (χ4v) is 3.85. The Morgan fingerprint density at radius 3 is 2.39 bits per heavy atom. The molecule has 156 valence electrons. The molecule has 0 spiro atoms. The number of anilines is 1. The minimum Gasteiger partial charge on any atom is -0.465 e. The van der Waals surface area contributed by atoms with Gasteiger partial charge in [-0.15, -0.1) is 11.3 Å². The number of nitrogens with one attached hydrogen (secondary N) is 1. The number of carbonyl (C=O) groups excluding carboxylic acids is 2. The number of methoxy groups -OCH3 is 2. The molecule has 0 bridgehead atoms. The van der Waals surface area contributed by atoms with Gasteiger partial charge < -0.3 is 14.8 Å². The van der Waals surface area contributed by atoms with Gasteiger partial charge in [0.25, 0.3) is 0 Å². The van der Waals surface area contributed by atoms with Crippen LogP contribution in [0.25, 0.3) is 16.8 Å². The Morgan fingerprint density at radius 2 is 1.81 bits per heavy atom. The SMILES string of the molecule is COC(=O)c1cc(N/C=C(\C#N)c2nc(-c3cccc(Br)c3)cs2)cc(C(=O)OC)c1. The van der Waals surface area contributed by atoms with Crippen LogP contribution in [0.4, 0.5) is 5.69 Å². The largest absolute Gasteiger partial charge is 0.465 e. The molecule has 0 aliphatic carbocycles. The van der Waals surface area contributed by atoms with Crippen LogP contribution in [0, 0.1) is 11.3 Å². The van der Waals surface area contributed by atoms with Gasteiger partial charge in [-0.1, -0.05) is 28.1 Å². The molecule has 3 rings (SSSR count). The molecule has 2 aromatic carbocycles. The molecule has 0 aliphatic rings. The van der Waals surface area contributed by atoms with Gasteiger partial charge in [0, 0.05) is 27.3 Å². The number of allylic oxidation sites excluding steroid dienone is 1. The number of benzene rings is 2. The average Bonchev–Trinajstić information content (AvgIpc) is 3.28. The lowest BCUT2D eigenvalue weighted by atomic mass is 10.1. The number of nitrogens with zero attached hydrogens (tertiary/aromatic N) is 2. The predicted molar refractivity (Wildman–Crippen MR) is 122 cm³/mol. The Labute approximate surface area is 191 Å². The van der Waals surface area contributed by atoms with E-state index in [1.807, 2.05) is 29.6 Å². The van der Waals surface area contributed by atoms with E-state index in [2.05, 4.69) is 32.3 Å². The van der Waals surface area contributed by atoms with Crippen LogP contribution < -0.4 is 5.32 Å². The second-order valence-electron chi connectivity index (χ2n) is 6.14. The van der Waals surface area contributed by atoms with Gasteiger partial charge in [0.05, 0.1) is 31.0 Å². The third-order valence-corrected chi connectivity index (χ3v) is 5.50. The van der Waals surface area contributed by atoms with Crippen molar-refractivity contribution in [3.8, 4) is 17.3 Å². The summed E-state index contributed by atoms with van der Waals surface area (Å²) in [5.41, 5.74) is 2.74. The molecule has 3 aromatic rings. The first-order valence-corrected chi connectivity index (χ1v) is 10.5. The molecule has 0 atom stereocenters. The monoisotopic (exact) mass is 497 g/mol. The molecular weight excluding hydrogens is 482 g/mol. The van der Waals surface area contributed by atoms with Crippen molar-refractivity contribution in [3.05, 3.63) is 74.7 Å². The normalized spacial score (nSPS) is 10.8. The van der Waals surface area contributed by atoms with E-state index in [-0.39, 0.29) is 11.1 Å². The summed E-state index contributed by atoms with van der Waals surface area (Å²) in [5.74, 6) is -1.20. The van der Waals surface area contributed by atoms with Crippen LogP contribution in [0.3, 0.4) is 0 Å². The number of thiazole rings is 1. The van der Waals surface area contributed by atoms with E-state index in [0.29, 0.717) is 16.3 Å². The number of ether oxygens (including phenoxy) is 2. The Morgan fingerprint density at radius 1 is 1.13 bits per heavy atom. The van der Waals surface area contributed by atoms with Gasteiger partial charge in [0.15, 0.2) is 0 Å². The molecule has 1 N–H and O–H groups in total. The highest BCUT2D eigenvalue weighted by Gasteiger charge is 2.14. The fourth-order valence-electron chi connectivity index (χ4n) is 2.66. The van der Waals surface area contributed by atoms with Crippen LogP contribution in [0.2, 0.25) is 0 Å². The van der Waals surface area contributed by atoms with Crippen LogP contribution >= 0.6 is 27.3 Å². The van der Waals surface area contributed by atoms with Crippen molar-refractivity contribution in [2.45, 2.75) is 0 Å². The number of aromatic nitrogens is 1. The van der Waals surface area contributed by atoms with Crippen LogP contribution in [-0.2, 0) is 9.47 Å². The van der Waals surface area contributed by atoms with E-state index in [0.717, 1.165) is 15.7 Å². The van der Waals surface area contributed by atoms with E-state index in [1.54, 1.807) is 0 Å². The summed E-state index contributed by atoms with van der Waals surface area (Å²) in [6.07, 6.45) is 1.47. The number of halogens is 1. The van der Waals surface area contributed by atoms with E-state index < -0.39 is 11.9 Å². The second-order valence-corrected chi connectivity index (χ2v) is 7.92. The summed E-state index contributed by atoms with van der Waals surface area (Å²) in [4.78, 5) is 28.4. The molecule has 0 fully saturated rings. The number of esters is 2. The van der Waals surface area contributed by atoms with Crippen LogP contribution in [-0.4, -0.2) is 31.1 Å². The van der Waals surface area contributed by atoms with Crippen molar-refractivity contribution < 1.29 is 19.1 Å². The first kappa shape index (κ1) is 22.2. The topological polar surface area (TPSA) is 101 Å². The second kappa shape index (κ2) is 10.0. The smallest absolute Gasteiger partial charge is 0.337 e. The summed E-state index contributed by atoms with van der Waals surface area (Å²) in [6.45, 7) is 0. The van der Waals surface area contributed by atoms with Gasteiger partial charge in [-0.25, -0.2) is 14.6 Å². The highest BCUT2D eigenvalue weighted by molar-refractivity contribution is 9.10. The summed E-state index contributed by atoms with van der Waals surface area (Å²) >= 11 is 4.77. The van der Waals surface area contributed by atoms with E-state index in [1.165, 1.54) is 50.0 Å². The summed E-state index contributed by atoms with van der Waals surface area (Å²) in [6, 6.07) is 14.2. The lowest BCUT2D eigenvalue weighted by Crippen LogP contribution is -2.07. The number of hydrogen-bond acceptors (Lipinski definition) is 8. The molecule has 0 unspecified atom stereocenters. The summed E-state index contributed by atoms with van der Waals surface area (Å²) in [5, 5.41) is 14.9. The average molecular weight is 498 g/mol. The van der Waals surface area contributed by atoms with Gasteiger partial charge in [-0.3, -0.25) is 0 Å². The van der Waals surface area contributed by atoms with Crippen molar-refractivity contribution in [1.29, 1.82) is 5.26 Å². The van der Waals surface area contributed by atoms with Gasteiger partial charge in [0.1, 0.15) is 16.6 Å². The zero-order valence-electron chi connectivity index (χ0n) is 16.5. The Hall–Kier alpha value is -3.48. The molecule has 31 heavy (non-hydrogen) atoms. The maximum absolute atomic E-state index is 11.9. The van der Waals surface area contributed by atoms with Crippen LogP contribution in [0.15, 0.2) is 58.5 Å². The maximum Gasteiger partial charge on any atom is 0.337 e. The first-order chi connectivity index (χ1) is 14.9.